The van der Waals surface area contributed by atoms with Crippen molar-refractivity contribution in [2.75, 3.05) is 13.2 Å². The maximum atomic E-state index is 11.8. The highest BCUT2D eigenvalue weighted by Crippen LogP contribution is 2.15. The van der Waals surface area contributed by atoms with Gasteiger partial charge in [-0.25, -0.2) is 0 Å². The third-order valence-electron chi connectivity index (χ3n) is 3.44. The van der Waals surface area contributed by atoms with Gasteiger partial charge in [0.1, 0.15) is 12.4 Å². The number of nitrogens with one attached hydrogen (secondary N) is 1. The summed E-state index contributed by atoms with van der Waals surface area (Å²) in [4.78, 5) is 11.8. The van der Waals surface area contributed by atoms with Crippen LogP contribution in [-0.2, 0) is 11.2 Å². The number of benzene rings is 2. The highest BCUT2D eigenvalue weighted by Gasteiger charge is 2.03. The second-order valence-electron chi connectivity index (χ2n) is 5.65. The minimum absolute atomic E-state index is 0.0315. The van der Waals surface area contributed by atoms with Gasteiger partial charge in [0.2, 0.25) is 5.91 Å². The molecule has 0 aliphatic heterocycles. The minimum atomic E-state index is 0.0315. The van der Waals surface area contributed by atoms with Crippen LogP contribution in [0.5, 0.6) is 5.75 Å². The molecular weight excluding hydrogens is 310 g/mol. The molecule has 0 radical (unpaired) electrons. The van der Waals surface area contributed by atoms with Crippen molar-refractivity contribution in [1.82, 2.24) is 5.32 Å². The topological polar surface area (TPSA) is 38.3 Å². The zero-order chi connectivity index (χ0) is 16.7. The SMILES string of the molecule is Cc1cc(C)cc(OCCNC(=O)CCc2ccc(Cl)cc2)c1. The zero-order valence-electron chi connectivity index (χ0n) is 13.6. The van der Waals surface area contributed by atoms with Crippen LogP contribution in [0.3, 0.4) is 0 Å². The first kappa shape index (κ1) is 17.4. The van der Waals surface area contributed by atoms with Crippen LogP contribution in [0.2, 0.25) is 5.02 Å². The summed E-state index contributed by atoms with van der Waals surface area (Å²) in [5.74, 6) is 0.877. The molecule has 0 saturated carbocycles. The molecule has 3 nitrogen and oxygen atoms in total. The molecular formula is C19H22ClNO2. The van der Waals surface area contributed by atoms with Gasteiger partial charge in [-0.2, -0.15) is 0 Å². The van der Waals surface area contributed by atoms with Gasteiger partial charge in [-0.3, -0.25) is 4.79 Å². The van der Waals surface area contributed by atoms with E-state index in [0.29, 0.717) is 31.0 Å². The molecule has 0 aliphatic carbocycles. The molecule has 0 aromatic heterocycles. The summed E-state index contributed by atoms with van der Waals surface area (Å²) in [6.07, 6.45) is 1.17. The summed E-state index contributed by atoms with van der Waals surface area (Å²) in [7, 11) is 0. The number of carbonyl (C=O) groups is 1. The summed E-state index contributed by atoms with van der Waals surface area (Å²) < 4.78 is 5.66. The Kier molecular flexibility index (Phi) is 6.48. The Balaban J connectivity index is 1.65. The van der Waals surface area contributed by atoms with Crippen molar-refractivity contribution in [3.63, 3.8) is 0 Å². The maximum Gasteiger partial charge on any atom is 0.220 e. The Labute approximate surface area is 142 Å². The van der Waals surface area contributed by atoms with E-state index in [9.17, 15) is 4.79 Å². The van der Waals surface area contributed by atoms with E-state index in [1.54, 1.807) is 0 Å². The Morgan fingerprint density at radius 1 is 1.09 bits per heavy atom. The number of aryl methyl sites for hydroxylation is 3. The van der Waals surface area contributed by atoms with Crippen molar-refractivity contribution in [2.45, 2.75) is 26.7 Å². The van der Waals surface area contributed by atoms with E-state index in [-0.39, 0.29) is 5.91 Å². The second kappa shape index (κ2) is 8.59. The average Bonchev–Trinajstić information content (AvgIpc) is 2.50. The summed E-state index contributed by atoms with van der Waals surface area (Å²) in [5.41, 5.74) is 3.45. The van der Waals surface area contributed by atoms with Crippen molar-refractivity contribution in [3.8, 4) is 5.75 Å². The predicted molar refractivity (Wildman–Crippen MR) is 94.2 cm³/mol. The zero-order valence-corrected chi connectivity index (χ0v) is 14.3. The van der Waals surface area contributed by atoms with E-state index in [1.807, 2.05) is 50.2 Å². The quantitative estimate of drug-likeness (QED) is 0.776. The van der Waals surface area contributed by atoms with Crippen molar-refractivity contribution in [2.24, 2.45) is 0 Å². The van der Waals surface area contributed by atoms with Crippen molar-refractivity contribution < 1.29 is 9.53 Å². The smallest absolute Gasteiger partial charge is 0.220 e. The molecule has 122 valence electrons. The van der Waals surface area contributed by atoms with Gasteiger partial charge in [0.25, 0.3) is 0 Å². The van der Waals surface area contributed by atoms with Crippen LogP contribution in [0.1, 0.15) is 23.1 Å². The standard InChI is InChI=1S/C19H22ClNO2/c1-14-11-15(2)13-18(12-14)23-10-9-21-19(22)8-5-16-3-6-17(20)7-4-16/h3-4,6-7,11-13H,5,8-10H2,1-2H3,(H,21,22). The van der Waals surface area contributed by atoms with E-state index in [0.717, 1.165) is 11.3 Å². The van der Waals surface area contributed by atoms with Crippen LogP contribution < -0.4 is 10.1 Å². The van der Waals surface area contributed by atoms with Crippen LogP contribution >= 0.6 is 11.6 Å². The summed E-state index contributed by atoms with van der Waals surface area (Å²) in [5, 5.41) is 3.58. The van der Waals surface area contributed by atoms with E-state index >= 15 is 0 Å². The number of hydrogen-bond acceptors (Lipinski definition) is 2. The summed E-state index contributed by atoms with van der Waals surface area (Å²) in [6.45, 7) is 5.05. The van der Waals surface area contributed by atoms with E-state index in [2.05, 4.69) is 11.4 Å². The van der Waals surface area contributed by atoms with Gasteiger partial charge in [0, 0.05) is 11.4 Å². The third kappa shape index (κ3) is 6.33. The molecule has 2 aromatic carbocycles. The van der Waals surface area contributed by atoms with Crippen molar-refractivity contribution in [1.29, 1.82) is 0 Å². The molecule has 0 spiro atoms. The average molecular weight is 332 g/mol. The molecule has 23 heavy (non-hydrogen) atoms. The second-order valence-corrected chi connectivity index (χ2v) is 6.08. The lowest BCUT2D eigenvalue weighted by molar-refractivity contribution is -0.121. The van der Waals surface area contributed by atoms with Gasteiger partial charge >= 0.3 is 0 Å². The number of amides is 1. The Morgan fingerprint density at radius 3 is 2.39 bits per heavy atom. The first-order chi connectivity index (χ1) is 11.0. The molecule has 0 fully saturated rings. The molecule has 0 heterocycles. The normalized spacial score (nSPS) is 10.4. The van der Waals surface area contributed by atoms with Gasteiger partial charge in [-0.1, -0.05) is 29.8 Å². The van der Waals surface area contributed by atoms with Gasteiger partial charge in [-0.05, 0) is 61.2 Å². The predicted octanol–water partition coefficient (Wildman–Crippen LogP) is 4.08. The van der Waals surface area contributed by atoms with E-state index < -0.39 is 0 Å². The van der Waals surface area contributed by atoms with Crippen LogP contribution in [0.25, 0.3) is 0 Å². The first-order valence-electron chi connectivity index (χ1n) is 7.75. The van der Waals surface area contributed by atoms with E-state index in [4.69, 9.17) is 16.3 Å². The Bertz CT molecular complexity index is 633. The Morgan fingerprint density at radius 2 is 1.74 bits per heavy atom. The number of ether oxygens (including phenoxy) is 1. The molecule has 0 aliphatic rings. The molecule has 4 heteroatoms. The largest absolute Gasteiger partial charge is 0.492 e. The van der Waals surface area contributed by atoms with Crippen molar-refractivity contribution >= 4 is 17.5 Å². The van der Waals surface area contributed by atoms with Gasteiger partial charge < -0.3 is 10.1 Å². The fourth-order valence-electron chi connectivity index (χ4n) is 2.37. The van der Waals surface area contributed by atoms with Crippen LogP contribution in [0.4, 0.5) is 0 Å². The number of rotatable bonds is 7. The summed E-state index contributed by atoms with van der Waals surface area (Å²) >= 11 is 5.84. The van der Waals surface area contributed by atoms with Crippen LogP contribution in [-0.4, -0.2) is 19.1 Å². The molecule has 0 saturated heterocycles. The molecule has 0 unspecified atom stereocenters. The molecule has 1 N–H and O–H groups in total. The lowest BCUT2D eigenvalue weighted by Crippen LogP contribution is -2.28. The minimum Gasteiger partial charge on any atom is -0.492 e. The van der Waals surface area contributed by atoms with Gasteiger partial charge in [-0.15, -0.1) is 0 Å². The fourth-order valence-corrected chi connectivity index (χ4v) is 2.50. The molecule has 1 amide bonds. The fraction of sp³-hybridized carbons (Fsp3) is 0.316. The van der Waals surface area contributed by atoms with Gasteiger partial charge in [0.05, 0.1) is 6.54 Å². The third-order valence-corrected chi connectivity index (χ3v) is 3.69. The number of hydrogen-bond donors (Lipinski definition) is 1. The maximum absolute atomic E-state index is 11.8. The molecule has 0 atom stereocenters. The van der Waals surface area contributed by atoms with Crippen LogP contribution in [0.15, 0.2) is 42.5 Å². The number of halogens is 1. The highest BCUT2D eigenvalue weighted by molar-refractivity contribution is 6.30. The van der Waals surface area contributed by atoms with Crippen LogP contribution in [0, 0.1) is 13.8 Å². The van der Waals surface area contributed by atoms with Gasteiger partial charge in [0.15, 0.2) is 0 Å². The van der Waals surface area contributed by atoms with Crippen molar-refractivity contribution in [3.05, 3.63) is 64.2 Å². The highest BCUT2D eigenvalue weighted by atomic mass is 35.5. The summed E-state index contributed by atoms with van der Waals surface area (Å²) in [6, 6.07) is 13.7. The Hall–Kier alpha value is -2.00. The first-order valence-corrected chi connectivity index (χ1v) is 8.13. The molecule has 2 rings (SSSR count). The molecule has 0 bridgehead atoms. The molecule has 2 aromatic rings. The lowest BCUT2D eigenvalue weighted by atomic mass is 10.1. The monoisotopic (exact) mass is 331 g/mol. The number of carbonyl (C=O) groups excluding carboxylic acids is 1. The lowest BCUT2D eigenvalue weighted by Gasteiger charge is -2.09. The van der Waals surface area contributed by atoms with E-state index in [1.165, 1.54) is 11.1 Å².